The second-order valence-corrected chi connectivity index (χ2v) is 8.38. The predicted molar refractivity (Wildman–Crippen MR) is 104 cm³/mol. The summed E-state index contributed by atoms with van der Waals surface area (Å²) in [5.41, 5.74) is 0. The lowest BCUT2D eigenvalue weighted by atomic mass is 9.93. The predicted octanol–water partition coefficient (Wildman–Crippen LogP) is 1.71. The number of piperazine rings is 1. The first-order chi connectivity index (χ1) is 12.2. The van der Waals surface area contributed by atoms with E-state index in [1.807, 2.05) is 18.4 Å². The Labute approximate surface area is 156 Å². The zero-order valence-corrected chi connectivity index (χ0v) is 16.3. The molecule has 1 N–H and O–H groups in total. The van der Waals surface area contributed by atoms with Gasteiger partial charge in [0.2, 0.25) is 5.91 Å². The number of hydrogen-bond acceptors (Lipinski definition) is 5. The molecule has 1 aromatic heterocycles. The lowest BCUT2D eigenvalue weighted by Gasteiger charge is -2.37. The number of hydrogen-bond donors (Lipinski definition) is 1. The van der Waals surface area contributed by atoms with E-state index in [4.69, 9.17) is 0 Å². The van der Waals surface area contributed by atoms with Crippen molar-refractivity contribution in [1.29, 1.82) is 0 Å². The smallest absolute Gasteiger partial charge is 0.236 e. The topological polar surface area (TPSA) is 38.8 Å². The van der Waals surface area contributed by atoms with E-state index < -0.39 is 0 Å². The summed E-state index contributed by atoms with van der Waals surface area (Å²) in [4.78, 5) is 20.9. The average Bonchev–Trinajstić information content (AvgIpc) is 3.15. The van der Waals surface area contributed by atoms with E-state index in [-0.39, 0.29) is 0 Å². The molecular weight excluding hydrogens is 332 g/mol. The number of nitrogens with one attached hydrogen (secondary N) is 1. The average molecular weight is 365 g/mol. The van der Waals surface area contributed by atoms with Crippen molar-refractivity contribution in [2.24, 2.45) is 5.92 Å². The second-order valence-electron chi connectivity index (χ2n) is 7.35. The Balaban J connectivity index is 1.34. The Morgan fingerprint density at radius 2 is 1.92 bits per heavy atom. The van der Waals surface area contributed by atoms with Gasteiger partial charge in [0, 0.05) is 37.6 Å². The SMILES string of the molecule is CNCCC1CCN(CC(=O)N2CCN(Cc3cccs3)CC2)CC1. The molecule has 0 radical (unpaired) electrons. The van der Waals surface area contributed by atoms with Crippen LogP contribution in [0, 0.1) is 5.92 Å². The summed E-state index contributed by atoms with van der Waals surface area (Å²) in [7, 11) is 2.02. The Kier molecular flexibility index (Phi) is 7.28. The van der Waals surface area contributed by atoms with Crippen molar-refractivity contribution in [1.82, 2.24) is 20.0 Å². The molecule has 0 atom stereocenters. The second kappa shape index (κ2) is 9.67. The minimum atomic E-state index is 0.324. The molecule has 2 saturated heterocycles. The summed E-state index contributed by atoms with van der Waals surface area (Å²) < 4.78 is 0. The molecule has 0 aromatic carbocycles. The van der Waals surface area contributed by atoms with E-state index in [2.05, 4.69) is 37.5 Å². The number of likely N-dealkylation sites (tertiary alicyclic amines) is 1. The minimum Gasteiger partial charge on any atom is -0.339 e. The van der Waals surface area contributed by atoms with Crippen LogP contribution in [0.3, 0.4) is 0 Å². The van der Waals surface area contributed by atoms with Crippen LogP contribution in [0.25, 0.3) is 0 Å². The van der Waals surface area contributed by atoms with Gasteiger partial charge in [-0.1, -0.05) is 6.07 Å². The van der Waals surface area contributed by atoms with Crippen molar-refractivity contribution in [3.8, 4) is 0 Å². The normalized spacial score (nSPS) is 20.9. The first-order valence-corrected chi connectivity index (χ1v) is 10.5. The fraction of sp³-hybridized carbons (Fsp3) is 0.737. The maximum Gasteiger partial charge on any atom is 0.236 e. The Hall–Kier alpha value is -0.950. The molecule has 25 heavy (non-hydrogen) atoms. The van der Waals surface area contributed by atoms with Gasteiger partial charge in [-0.2, -0.15) is 0 Å². The molecular formula is C19H32N4OS. The molecule has 1 aromatic rings. The minimum absolute atomic E-state index is 0.324. The van der Waals surface area contributed by atoms with Gasteiger partial charge in [-0.3, -0.25) is 14.6 Å². The molecule has 0 aliphatic carbocycles. The third-order valence-corrected chi connectivity index (χ3v) is 6.41. The molecule has 140 valence electrons. The van der Waals surface area contributed by atoms with Crippen LogP contribution < -0.4 is 5.32 Å². The zero-order valence-electron chi connectivity index (χ0n) is 15.5. The van der Waals surface area contributed by atoms with Crippen molar-refractivity contribution in [3.05, 3.63) is 22.4 Å². The van der Waals surface area contributed by atoms with E-state index >= 15 is 0 Å². The third kappa shape index (κ3) is 5.78. The van der Waals surface area contributed by atoms with Crippen molar-refractivity contribution in [2.75, 3.05) is 59.4 Å². The molecule has 0 saturated carbocycles. The van der Waals surface area contributed by atoms with Gasteiger partial charge in [-0.15, -0.1) is 11.3 Å². The van der Waals surface area contributed by atoms with E-state index in [9.17, 15) is 4.79 Å². The van der Waals surface area contributed by atoms with Crippen molar-refractivity contribution in [3.63, 3.8) is 0 Å². The van der Waals surface area contributed by atoms with E-state index in [0.29, 0.717) is 12.5 Å². The third-order valence-electron chi connectivity index (χ3n) is 5.55. The van der Waals surface area contributed by atoms with Crippen LogP contribution in [0.1, 0.15) is 24.1 Å². The van der Waals surface area contributed by atoms with E-state index in [0.717, 1.165) is 58.3 Å². The van der Waals surface area contributed by atoms with Gasteiger partial charge in [-0.25, -0.2) is 0 Å². The van der Waals surface area contributed by atoms with Gasteiger partial charge in [0.05, 0.1) is 6.54 Å². The summed E-state index contributed by atoms with van der Waals surface area (Å²) in [6, 6.07) is 4.31. The van der Waals surface area contributed by atoms with Gasteiger partial charge in [0.1, 0.15) is 0 Å². The van der Waals surface area contributed by atoms with Crippen LogP contribution in [0.2, 0.25) is 0 Å². The van der Waals surface area contributed by atoms with E-state index in [1.165, 1.54) is 24.1 Å². The Bertz CT molecular complexity index is 506. The Morgan fingerprint density at radius 1 is 1.16 bits per heavy atom. The molecule has 2 fully saturated rings. The van der Waals surface area contributed by atoms with Crippen molar-refractivity contribution < 1.29 is 4.79 Å². The van der Waals surface area contributed by atoms with Crippen LogP contribution >= 0.6 is 11.3 Å². The fourth-order valence-corrected chi connectivity index (χ4v) is 4.60. The monoisotopic (exact) mass is 364 g/mol. The standard InChI is InChI=1S/C19H32N4OS/c1-20-7-4-17-5-8-21(9-6-17)16-19(24)23-12-10-22(11-13-23)15-18-3-2-14-25-18/h2-3,14,17,20H,4-13,15-16H2,1H3. The first kappa shape index (κ1) is 18.8. The molecule has 0 unspecified atom stereocenters. The molecule has 0 spiro atoms. The molecule has 2 aliphatic heterocycles. The molecule has 0 bridgehead atoms. The number of amides is 1. The Morgan fingerprint density at radius 3 is 2.56 bits per heavy atom. The van der Waals surface area contributed by atoms with Crippen LogP contribution in [0.4, 0.5) is 0 Å². The quantitative estimate of drug-likeness (QED) is 0.800. The number of piperidine rings is 1. The summed E-state index contributed by atoms with van der Waals surface area (Å²) in [6.45, 7) is 8.66. The molecule has 3 rings (SSSR count). The number of rotatable bonds is 7. The van der Waals surface area contributed by atoms with Gasteiger partial charge in [0.25, 0.3) is 0 Å². The molecule has 1 amide bonds. The summed E-state index contributed by atoms with van der Waals surface area (Å²) in [5.74, 6) is 1.16. The van der Waals surface area contributed by atoms with Gasteiger partial charge in [0.15, 0.2) is 0 Å². The molecule has 3 heterocycles. The first-order valence-electron chi connectivity index (χ1n) is 9.64. The van der Waals surface area contributed by atoms with Crippen LogP contribution in [-0.4, -0.2) is 80.0 Å². The fourth-order valence-electron chi connectivity index (χ4n) is 3.85. The number of thiophene rings is 1. The van der Waals surface area contributed by atoms with Gasteiger partial charge < -0.3 is 10.2 Å². The number of nitrogens with zero attached hydrogens (tertiary/aromatic N) is 3. The number of carbonyl (C=O) groups is 1. The maximum absolute atomic E-state index is 12.6. The highest BCUT2D eigenvalue weighted by atomic mass is 32.1. The number of carbonyl (C=O) groups excluding carboxylic acids is 1. The summed E-state index contributed by atoms with van der Waals surface area (Å²) in [6.07, 6.45) is 3.75. The van der Waals surface area contributed by atoms with E-state index in [1.54, 1.807) is 0 Å². The molecule has 6 heteroatoms. The highest BCUT2D eigenvalue weighted by molar-refractivity contribution is 7.09. The molecule has 5 nitrogen and oxygen atoms in total. The largest absolute Gasteiger partial charge is 0.339 e. The van der Waals surface area contributed by atoms with Gasteiger partial charge in [-0.05, 0) is 63.3 Å². The van der Waals surface area contributed by atoms with Crippen LogP contribution in [0.15, 0.2) is 17.5 Å². The highest BCUT2D eigenvalue weighted by Crippen LogP contribution is 2.20. The van der Waals surface area contributed by atoms with Crippen molar-refractivity contribution in [2.45, 2.75) is 25.8 Å². The summed E-state index contributed by atoms with van der Waals surface area (Å²) in [5, 5.41) is 5.38. The maximum atomic E-state index is 12.6. The van der Waals surface area contributed by atoms with Crippen LogP contribution in [0.5, 0.6) is 0 Å². The van der Waals surface area contributed by atoms with Crippen LogP contribution in [-0.2, 0) is 11.3 Å². The van der Waals surface area contributed by atoms with Gasteiger partial charge >= 0.3 is 0 Å². The highest BCUT2D eigenvalue weighted by Gasteiger charge is 2.25. The summed E-state index contributed by atoms with van der Waals surface area (Å²) >= 11 is 1.82. The molecule has 2 aliphatic rings. The zero-order chi connectivity index (χ0) is 17.5. The lowest BCUT2D eigenvalue weighted by molar-refractivity contribution is -0.134. The lowest BCUT2D eigenvalue weighted by Crippen LogP contribution is -2.51. The van der Waals surface area contributed by atoms with Crippen molar-refractivity contribution >= 4 is 17.2 Å².